The first kappa shape index (κ1) is 26.7. The van der Waals surface area contributed by atoms with E-state index in [4.69, 9.17) is 4.43 Å². The smallest absolute Gasteiger partial charge is 0.192 e. The molecule has 2 atom stereocenters. The molecule has 0 heterocycles. The van der Waals surface area contributed by atoms with Crippen molar-refractivity contribution in [2.24, 2.45) is 5.92 Å². The molecule has 0 bridgehead atoms. The zero-order valence-corrected chi connectivity index (χ0v) is 22.5. The van der Waals surface area contributed by atoms with Gasteiger partial charge < -0.3 is 4.43 Å². The fraction of sp³-hybridized carbons (Fsp3) is 0.833. The van der Waals surface area contributed by atoms with Gasteiger partial charge in [-0.1, -0.05) is 75.3 Å². The van der Waals surface area contributed by atoms with Crippen molar-refractivity contribution in [1.29, 1.82) is 0 Å². The van der Waals surface area contributed by atoms with Crippen LogP contribution in [-0.4, -0.2) is 22.5 Å². The van der Waals surface area contributed by atoms with Crippen LogP contribution in [0.1, 0.15) is 82.1 Å². The van der Waals surface area contributed by atoms with Crippen LogP contribution >= 0.6 is 0 Å². The van der Waals surface area contributed by atoms with Crippen LogP contribution in [0.3, 0.4) is 0 Å². The molecule has 1 nitrogen and oxygen atoms in total. The Hall–Kier alpha value is -0.306. The Kier molecular flexibility index (Phi) is 10.3. The van der Waals surface area contributed by atoms with E-state index in [1.807, 2.05) is 6.08 Å². The molecule has 0 aromatic carbocycles. The maximum absolute atomic E-state index is 6.70. The minimum Gasteiger partial charge on any atom is -0.414 e. The molecular weight excluding hydrogens is 360 g/mol. The Morgan fingerprint density at radius 1 is 0.926 bits per heavy atom. The summed E-state index contributed by atoms with van der Waals surface area (Å²) in [6.45, 7) is 32.1. The predicted molar refractivity (Wildman–Crippen MR) is 129 cm³/mol. The first-order valence-corrected chi connectivity index (χ1v) is 16.1. The van der Waals surface area contributed by atoms with E-state index in [1.54, 1.807) is 0 Å². The molecule has 0 aromatic heterocycles. The normalized spacial score (nSPS) is 15.7. The van der Waals surface area contributed by atoms with E-state index in [-0.39, 0.29) is 11.1 Å². The molecule has 0 aliphatic heterocycles. The molecule has 0 fully saturated rings. The highest BCUT2D eigenvalue weighted by atomic mass is 28.4. The molecule has 0 N–H and O–H groups in total. The van der Waals surface area contributed by atoms with Gasteiger partial charge in [0.15, 0.2) is 8.32 Å². The summed E-state index contributed by atoms with van der Waals surface area (Å²) >= 11 is 0. The lowest BCUT2D eigenvalue weighted by Crippen LogP contribution is -2.44. The SMILES string of the molecule is C=CC[C@H](C[C@@H](C)C#C[Si](C(C)C)(C(C)C)C(C)C)O[Si](C)(C)C(C)(C)C. The maximum atomic E-state index is 6.70. The summed E-state index contributed by atoms with van der Waals surface area (Å²) in [7, 11) is -3.42. The van der Waals surface area contributed by atoms with Gasteiger partial charge in [0.2, 0.25) is 0 Å². The van der Waals surface area contributed by atoms with Crippen molar-refractivity contribution in [2.45, 2.75) is 123 Å². The average Bonchev–Trinajstić information content (AvgIpc) is 2.45. The van der Waals surface area contributed by atoms with Gasteiger partial charge in [-0.2, -0.15) is 0 Å². The Morgan fingerprint density at radius 2 is 1.37 bits per heavy atom. The topological polar surface area (TPSA) is 9.23 Å². The zero-order valence-electron chi connectivity index (χ0n) is 20.5. The van der Waals surface area contributed by atoms with E-state index in [0.29, 0.717) is 22.5 Å². The largest absolute Gasteiger partial charge is 0.414 e. The second kappa shape index (κ2) is 10.5. The van der Waals surface area contributed by atoms with Crippen LogP contribution in [0.15, 0.2) is 12.7 Å². The Morgan fingerprint density at radius 3 is 1.70 bits per heavy atom. The van der Waals surface area contributed by atoms with Crippen molar-refractivity contribution in [3.63, 3.8) is 0 Å². The van der Waals surface area contributed by atoms with Crippen molar-refractivity contribution in [2.75, 3.05) is 0 Å². The lowest BCUT2D eigenvalue weighted by Gasteiger charge is -2.39. The minimum atomic E-state index is -1.77. The van der Waals surface area contributed by atoms with Crippen LogP contribution < -0.4 is 0 Å². The highest BCUT2D eigenvalue weighted by Crippen LogP contribution is 2.41. The number of hydrogen-bond donors (Lipinski definition) is 0. The summed E-state index contributed by atoms with van der Waals surface area (Å²) in [5.41, 5.74) is 5.95. The first-order chi connectivity index (χ1) is 12.1. The second-order valence-electron chi connectivity index (χ2n) is 10.8. The summed E-state index contributed by atoms with van der Waals surface area (Å²) in [4.78, 5) is 0. The second-order valence-corrected chi connectivity index (χ2v) is 21.2. The van der Waals surface area contributed by atoms with Crippen molar-refractivity contribution in [3.8, 4) is 11.5 Å². The van der Waals surface area contributed by atoms with E-state index < -0.39 is 16.4 Å². The third-order valence-electron chi connectivity index (χ3n) is 6.71. The molecule has 0 aromatic rings. The highest BCUT2D eigenvalue weighted by Gasteiger charge is 2.42. The van der Waals surface area contributed by atoms with E-state index in [0.717, 1.165) is 12.8 Å². The van der Waals surface area contributed by atoms with Crippen LogP contribution in [0.5, 0.6) is 0 Å². The molecule has 0 aliphatic carbocycles. The first-order valence-electron chi connectivity index (χ1n) is 10.9. The summed E-state index contributed by atoms with van der Waals surface area (Å²) in [5.74, 6) is 4.06. The maximum Gasteiger partial charge on any atom is 0.192 e. The minimum absolute atomic E-state index is 0.232. The van der Waals surface area contributed by atoms with Crippen LogP contribution in [0.25, 0.3) is 0 Å². The summed E-state index contributed by atoms with van der Waals surface area (Å²) in [6.07, 6.45) is 4.16. The summed E-state index contributed by atoms with van der Waals surface area (Å²) in [6, 6.07) is 0. The summed E-state index contributed by atoms with van der Waals surface area (Å²) < 4.78 is 6.70. The van der Waals surface area contributed by atoms with Gasteiger partial charge in [-0.25, -0.2) is 0 Å². The lowest BCUT2D eigenvalue weighted by atomic mass is 10.0. The monoisotopic (exact) mass is 408 g/mol. The highest BCUT2D eigenvalue weighted by molar-refractivity contribution is 6.90. The number of rotatable bonds is 9. The van der Waals surface area contributed by atoms with Crippen molar-refractivity contribution in [3.05, 3.63) is 12.7 Å². The molecule has 0 spiro atoms. The van der Waals surface area contributed by atoms with Crippen LogP contribution in [-0.2, 0) is 4.43 Å². The molecule has 0 saturated carbocycles. The molecule has 0 amide bonds. The van der Waals surface area contributed by atoms with E-state index in [2.05, 4.69) is 100 Å². The van der Waals surface area contributed by atoms with Gasteiger partial charge in [-0.15, -0.1) is 18.0 Å². The molecule has 0 saturated heterocycles. The van der Waals surface area contributed by atoms with Crippen LogP contribution in [0.4, 0.5) is 0 Å². The standard InChI is InChI=1S/C24H48OSi2/c1-14-15-23(25-26(12,13)24(9,10)11)18-22(8)16-17-27(19(2)3,20(4)5)21(6)7/h14,19-23H,1,15,18H2,2-13H3/t22-,23+/m0/s1. The molecular formula is C24H48OSi2. The van der Waals surface area contributed by atoms with Gasteiger partial charge in [0.25, 0.3) is 0 Å². The van der Waals surface area contributed by atoms with E-state index in [1.165, 1.54) is 0 Å². The molecule has 0 aliphatic rings. The molecule has 0 unspecified atom stereocenters. The molecule has 27 heavy (non-hydrogen) atoms. The van der Waals surface area contributed by atoms with Crippen LogP contribution in [0.2, 0.25) is 34.8 Å². The lowest BCUT2D eigenvalue weighted by molar-refractivity contribution is 0.164. The molecule has 158 valence electrons. The van der Waals surface area contributed by atoms with Crippen LogP contribution in [0, 0.1) is 17.4 Å². The van der Waals surface area contributed by atoms with Gasteiger partial charge in [0, 0.05) is 12.0 Å². The molecule has 0 rings (SSSR count). The van der Waals surface area contributed by atoms with E-state index in [9.17, 15) is 0 Å². The van der Waals surface area contributed by atoms with Gasteiger partial charge in [-0.05, 0) is 47.6 Å². The fourth-order valence-corrected chi connectivity index (χ4v) is 10.8. The molecule has 3 heteroatoms. The quantitative estimate of drug-likeness (QED) is 0.212. The van der Waals surface area contributed by atoms with Crippen molar-refractivity contribution in [1.82, 2.24) is 0 Å². The zero-order chi connectivity index (χ0) is 21.6. The Bertz CT molecular complexity index is 493. The van der Waals surface area contributed by atoms with Gasteiger partial charge in [0.1, 0.15) is 8.07 Å². The van der Waals surface area contributed by atoms with E-state index >= 15 is 0 Å². The van der Waals surface area contributed by atoms with Gasteiger partial charge in [0.05, 0.1) is 0 Å². The Labute approximate surface area is 173 Å². The van der Waals surface area contributed by atoms with Crippen molar-refractivity contribution < 1.29 is 4.43 Å². The third-order valence-corrected chi connectivity index (χ3v) is 17.6. The Balaban J connectivity index is 5.47. The number of hydrogen-bond acceptors (Lipinski definition) is 1. The van der Waals surface area contributed by atoms with Crippen molar-refractivity contribution >= 4 is 16.4 Å². The van der Waals surface area contributed by atoms with Gasteiger partial charge >= 0.3 is 0 Å². The third kappa shape index (κ3) is 7.22. The average molecular weight is 409 g/mol. The van der Waals surface area contributed by atoms with Gasteiger partial charge in [-0.3, -0.25) is 0 Å². The summed E-state index contributed by atoms with van der Waals surface area (Å²) in [5, 5.41) is 0.232. The fourth-order valence-electron chi connectivity index (χ4n) is 4.11. The predicted octanol–water partition coefficient (Wildman–Crippen LogP) is 8.20. The molecule has 0 radical (unpaired) electrons.